The van der Waals surface area contributed by atoms with Crippen LogP contribution in [0.15, 0.2) is 60.7 Å². The summed E-state index contributed by atoms with van der Waals surface area (Å²) in [6.07, 6.45) is 7.29. The minimum atomic E-state index is -0.169. The van der Waals surface area contributed by atoms with Gasteiger partial charge in [0.2, 0.25) is 0 Å². The first kappa shape index (κ1) is 19.0. The molecule has 4 nitrogen and oxygen atoms in total. The predicted octanol–water partition coefficient (Wildman–Crippen LogP) is 3.85. The zero-order chi connectivity index (χ0) is 18.9. The van der Waals surface area contributed by atoms with Crippen molar-refractivity contribution < 1.29 is 9.53 Å². The molecule has 0 aromatic heterocycles. The highest BCUT2D eigenvalue weighted by molar-refractivity contribution is 5.75. The van der Waals surface area contributed by atoms with E-state index in [4.69, 9.17) is 11.2 Å². The van der Waals surface area contributed by atoms with Crippen molar-refractivity contribution in [2.24, 2.45) is 5.92 Å². The van der Waals surface area contributed by atoms with Crippen molar-refractivity contribution in [1.82, 2.24) is 10.2 Å². The lowest BCUT2D eigenvalue weighted by atomic mass is 9.98. The van der Waals surface area contributed by atoms with E-state index in [0.717, 1.165) is 30.5 Å². The molecule has 1 aliphatic rings. The van der Waals surface area contributed by atoms with Crippen LogP contribution in [0.2, 0.25) is 0 Å². The van der Waals surface area contributed by atoms with Crippen molar-refractivity contribution in [2.75, 3.05) is 26.3 Å². The SMILES string of the molecule is C#CCOCC1CCCN(C(=O)NC(c2ccccc2)c2ccccc2)C1. The average molecular weight is 362 g/mol. The van der Waals surface area contributed by atoms with E-state index < -0.39 is 0 Å². The number of carbonyl (C=O) groups excluding carboxylic acids is 1. The van der Waals surface area contributed by atoms with Gasteiger partial charge in [-0.1, -0.05) is 66.6 Å². The van der Waals surface area contributed by atoms with Crippen LogP contribution in [-0.4, -0.2) is 37.2 Å². The molecule has 1 heterocycles. The molecule has 1 unspecified atom stereocenters. The first-order chi connectivity index (χ1) is 13.3. The Morgan fingerprint density at radius 2 is 1.78 bits per heavy atom. The number of benzene rings is 2. The van der Waals surface area contributed by atoms with E-state index in [1.165, 1.54) is 0 Å². The Hall–Kier alpha value is -2.77. The topological polar surface area (TPSA) is 41.6 Å². The molecule has 3 rings (SSSR count). The van der Waals surface area contributed by atoms with E-state index in [1.54, 1.807) is 0 Å². The van der Waals surface area contributed by atoms with E-state index in [0.29, 0.717) is 25.7 Å². The molecular formula is C23H26N2O2. The van der Waals surface area contributed by atoms with Crippen LogP contribution in [0.4, 0.5) is 4.79 Å². The summed E-state index contributed by atoms with van der Waals surface area (Å²) in [5.41, 5.74) is 2.14. The van der Waals surface area contributed by atoms with Gasteiger partial charge in [-0.2, -0.15) is 0 Å². The summed E-state index contributed by atoms with van der Waals surface area (Å²) in [6.45, 7) is 2.40. The Kier molecular flexibility index (Phi) is 6.90. The van der Waals surface area contributed by atoms with Crippen molar-refractivity contribution in [3.05, 3.63) is 71.8 Å². The van der Waals surface area contributed by atoms with Gasteiger partial charge in [-0.05, 0) is 24.0 Å². The van der Waals surface area contributed by atoms with Gasteiger partial charge in [0, 0.05) is 19.0 Å². The Balaban J connectivity index is 1.68. The molecule has 1 fully saturated rings. The number of hydrogen-bond donors (Lipinski definition) is 1. The number of nitrogens with zero attached hydrogens (tertiary/aromatic N) is 1. The van der Waals surface area contributed by atoms with Gasteiger partial charge >= 0.3 is 6.03 Å². The van der Waals surface area contributed by atoms with Gasteiger partial charge in [-0.3, -0.25) is 0 Å². The molecule has 2 aromatic carbocycles. The van der Waals surface area contributed by atoms with Crippen LogP contribution >= 0.6 is 0 Å². The van der Waals surface area contributed by atoms with Crippen molar-refractivity contribution in [3.8, 4) is 12.3 Å². The van der Waals surface area contributed by atoms with Gasteiger partial charge in [0.1, 0.15) is 6.61 Å². The Bertz CT molecular complexity index is 715. The minimum absolute atomic E-state index is 0.0330. The number of urea groups is 1. The summed E-state index contributed by atoms with van der Waals surface area (Å²) in [6, 6.07) is 19.9. The van der Waals surface area contributed by atoms with Gasteiger partial charge in [0.15, 0.2) is 0 Å². The van der Waals surface area contributed by atoms with E-state index in [9.17, 15) is 4.79 Å². The molecule has 4 heteroatoms. The summed E-state index contributed by atoms with van der Waals surface area (Å²) in [5.74, 6) is 2.83. The van der Waals surface area contributed by atoms with Crippen LogP contribution in [0.1, 0.15) is 30.0 Å². The third kappa shape index (κ3) is 5.35. The Labute approximate surface area is 161 Å². The fraction of sp³-hybridized carbons (Fsp3) is 0.348. The maximum Gasteiger partial charge on any atom is 0.318 e. The van der Waals surface area contributed by atoms with Crippen LogP contribution in [0, 0.1) is 18.3 Å². The van der Waals surface area contributed by atoms with Gasteiger partial charge in [0.05, 0.1) is 12.6 Å². The van der Waals surface area contributed by atoms with E-state index in [1.807, 2.05) is 65.6 Å². The number of amides is 2. The smallest absolute Gasteiger partial charge is 0.318 e. The molecule has 0 aliphatic carbocycles. The van der Waals surface area contributed by atoms with Crippen molar-refractivity contribution in [2.45, 2.75) is 18.9 Å². The summed E-state index contributed by atoms with van der Waals surface area (Å²) in [7, 11) is 0. The molecular weight excluding hydrogens is 336 g/mol. The van der Waals surface area contributed by atoms with Crippen LogP contribution < -0.4 is 5.32 Å². The second-order valence-electron chi connectivity index (χ2n) is 6.88. The molecule has 1 atom stereocenters. The first-order valence-corrected chi connectivity index (χ1v) is 9.44. The highest BCUT2D eigenvalue weighted by Gasteiger charge is 2.26. The Morgan fingerprint density at radius 1 is 1.15 bits per heavy atom. The second kappa shape index (κ2) is 9.80. The van der Waals surface area contributed by atoms with E-state index >= 15 is 0 Å². The number of likely N-dealkylation sites (tertiary alicyclic amines) is 1. The maximum atomic E-state index is 13.0. The Morgan fingerprint density at radius 3 is 2.37 bits per heavy atom. The highest BCUT2D eigenvalue weighted by atomic mass is 16.5. The standard InChI is InChI=1S/C23H26N2O2/c1-2-16-27-18-19-10-9-15-25(17-19)23(26)24-22(20-11-5-3-6-12-20)21-13-7-4-8-14-21/h1,3-8,11-14,19,22H,9-10,15-18H2,(H,24,26). The number of hydrogen-bond acceptors (Lipinski definition) is 2. The van der Waals surface area contributed by atoms with Crippen molar-refractivity contribution >= 4 is 6.03 Å². The largest absolute Gasteiger partial charge is 0.368 e. The normalized spacial score (nSPS) is 16.7. The van der Waals surface area contributed by atoms with Crippen LogP contribution in [-0.2, 0) is 4.74 Å². The molecule has 2 aromatic rings. The number of piperidine rings is 1. The third-order valence-corrected chi connectivity index (χ3v) is 4.88. The fourth-order valence-corrected chi connectivity index (χ4v) is 3.53. The molecule has 1 aliphatic heterocycles. The van der Waals surface area contributed by atoms with Gasteiger partial charge in [-0.25, -0.2) is 4.79 Å². The van der Waals surface area contributed by atoms with Crippen LogP contribution in [0.25, 0.3) is 0 Å². The maximum absolute atomic E-state index is 13.0. The average Bonchev–Trinajstić information content (AvgIpc) is 2.73. The van der Waals surface area contributed by atoms with E-state index in [-0.39, 0.29) is 12.1 Å². The number of carbonyl (C=O) groups is 1. The summed E-state index contributed by atoms with van der Waals surface area (Å²) in [5, 5.41) is 3.22. The predicted molar refractivity (Wildman–Crippen MR) is 107 cm³/mol. The lowest BCUT2D eigenvalue weighted by Gasteiger charge is -2.34. The monoisotopic (exact) mass is 362 g/mol. The summed E-state index contributed by atoms with van der Waals surface area (Å²) in [4.78, 5) is 14.9. The lowest BCUT2D eigenvalue weighted by Crippen LogP contribution is -2.47. The van der Waals surface area contributed by atoms with Gasteiger partial charge in [-0.15, -0.1) is 6.42 Å². The molecule has 27 heavy (non-hydrogen) atoms. The summed E-state index contributed by atoms with van der Waals surface area (Å²) >= 11 is 0. The molecule has 0 radical (unpaired) electrons. The summed E-state index contributed by atoms with van der Waals surface area (Å²) < 4.78 is 5.48. The molecule has 1 N–H and O–H groups in total. The van der Waals surface area contributed by atoms with Crippen molar-refractivity contribution in [3.63, 3.8) is 0 Å². The molecule has 0 bridgehead atoms. The van der Waals surface area contributed by atoms with Gasteiger partial charge < -0.3 is 15.0 Å². The van der Waals surface area contributed by atoms with Gasteiger partial charge in [0.25, 0.3) is 0 Å². The zero-order valence-corrected chi connectivity index (χ0v) is 15.5. The van der Waals surface area contributed by atoms with Crippen molar-refractivity contribution in [1.29, 1.82) is 0 Å². The number of terminal acetylenes is 1. The highest BCUT2D eigenvalue weighted by Crippen LogP contribution is 2.23. The van der Waals surface area contributed by atoms with Crippen LogP contribution in [0.3, 0.4) is 0 Å². The lowest BCUT2D eigenvalue weighted by molar-refractivity contribution is 0.0854. The zero-order valence-electron chi connectivity index (χ0n) is 15.5. The molecule has 2 amide bonds. The minimum Gasteiger partial charge on any atom is -0.368 e. The number of nitrogens with one attached hydrogen (secondary N) is 1. The third-order valence-electron chi connectivity index (χ3n) is 4.88. The van der Waals surface area contributed by atoms with Crippen LogP contribution in [0.5, 0.6) is 0 Å². The molecule has 140 valence electrons. The molecule has 0 spiro atoms. The first-order valence-electron chi connectivity index (χ1n) is 9.44. The second-order valence-corrected chi connectivity index (χ2v) is 6.88. The number of rotatable bonds is 6. The quantitative estimate of drug-likeness (QED) is 0.626. The fourth-order valence-electron chi connectivity index (χ4n) is 3.53. The molecule has 1 saturated heterocycles. The number of ether oxygens (including phenoxy) is 1. The van der Waals surface area contributed by atoms with E-state index in [2.05, 4.69) is 11.2 Å². The molecule has 0 saturated carbocycles.